The van der Waals surface area contributed by atoms with Crippen molar-refractivity contribution < 1.29 is 13.2 Å². The summed E-state index contributed by atoms with van der Waals surface area (Å²) < 4.78 is 28.1. The van der Waals surface area contributed by atoms with E-state index in [0.29, 0.717) is 17.9 Å². The molecule has 1 aromatic rings. The highest BCUT2D eigenvalue weighted by Crippen LogP contribution is 2.13. The Morgan fingerprint density at radius 3 is 2.35 bits per heavy atom. The van der Waals surface area contributed by atoms with Crippen LogP contribution in [0.3, 0.4) is 0 Å². The van der Waals surface area contributed by atoms with E-state index in [2.05, 4.69) is 0 Å². The molecule has 1 atom stereocenters. The van der Waals surface area contributed by atoms with Crippen molar-refractivity contribution >= 4 is 9.84 Å². The molecule has 4 nitrogen and oxygen atoms in total. The summed E-state index contributed by atoms with van der Waals surface area (Å²) >= 11 is 0. The molecule has 5 heteroatoms. The number of ether oxygens (including phenoxy) is 1. The average Bonchev–Trinajstić information content (AvgIpc) is 2.30. The monoisotopic (exact) mass is 257 g/mol. The zero-order valence-corrected chi connectivity index (χ0v) is 11.0. The number of hydrogen-bond donors (Lipinski definition) is 1. The number of nitrogens with two attached hydrogens (primary N) is 1. The van der Waals surface area contributed by atoms with Crippen LogP contribution >= 0.6 is 0 Å². The Labute approximate surface area is 103 Å². The van der Waals surface area contributed by atoms with Gasteiger partial charge in [0, 0.05) is 13.2 Å². The molecule has 96 valence electrons. The van der Waals surface area contributed by atoms with Gasteiger partial charge in [-0.1, -0.05) is 19.1 Å². The highest BCUT2D eigenvalue weighted by molar-refractivity contribution is 7.91. The molecule has 0 aliphatic rings. The highest BCUT2D eigenvalue weighted by Gasteiger charge is 2.11. The third-order valence-electron chi connectivity index (χ3n) is 2.54. The van der Waals surface area contributed by atoms with Crippen LogP contribution in [0.5, 0.6) is 0 Å². The van der Waals surface area contributed by atoms with Gasteiger partial charge in [0.05, 0.1) is 17.3 Å². The lowest BCUT2D eigenvalue weighted by Gasteiger charge is -2.10. The molecule has 0 amide bonds. The first-order chi connectivity index (χ1) is 7.99. The summed E-state index contributed by atoms with van der Waals surface area (Å²) in [5.41, 5.74) is 6.84. The van der Waals surface area contributed by atoms with Crippen LogP contribution < -0.4 is 5.73 Å². The number of benzene rings is 1. The summed E-state index contributed by atoms with van der Waals surface area (Å²) in [5, 5.41) is 0. The normalized spacial score (nSPS) is 13.6. The molecule has 0 heterocycles. The Bertz CT molecular complexity index is 439. The SMILES string of the molecule is CCS(=O)(=O)c1ccc(CC(N)COC)cc1. The number of methoxy groups -OCH3 is 1. The van der Waals surface area contributed by atoms with Crippen molar-refractivity contribution in [1.29, 1.82) is 0 Å². The van der Waals surface area contributed by atoms with E-state index in [4.69, 9.17) is 10.5 Å². The zero-order chi connectivity index (χ0) is 12.9. The molecule has 0 saturated heterocycles. The smallest absolute Gasteiger partial charge is 0.178 e. The van der Waals surface area contributed by atoms with Crippen molar-refractivity contribution in [3.05, 3.63) is 29.8 Å². The van der Waals surface area contributed by atoms with Crippen LogP contribution in [0.25, 0.3) is 0 Å². The van der Waals surface area contributed by atoms with Gasteiger partial charge in [-0.05, 0) is 24.1 Å². The Kier molecular flexibility index (Phi) is 5.11. The standard InChI is InChI=1S/C12H19NO3S/c1-3-17(14,15)12-6-4-10(5-7-12)8-11(13)9-16-2/h4-7,11H,3,8-9,13H2,1-2H3. The summed E-state index contributed by atoms with van der Waals surface area (Å²) in [4.78, 5) is 0.365. The molecule has 0 fully saturated rings. The van der Waals surface area contributed by atoms with Crippen LogP contribution in [0, 0.1) is 0 Å². The zero-order valence-electron chi connectivity index (χ0n) is 10.2. The van der Waals surface area contributed by atoms with Gasteiger partial charge in [-0.2, -0.15) is 0 Å². The number of sulfone groups is 1. The minimum absolute atomic E-state index is 0.0615. The van der Waals surface area contributed by atoms with E-state index in [1.165, 1.54) is 0 Å². The Morgan fingerprint density at radius 1 is 1.29 bits per heavy atom. The van der Waals surface area contributed by atoms with Gasteiger partial charge in [0.2, 0.25) is 0 Å². The molecule has 0 spiro atoms. The summed E-state index contributed by atoms with van der Waals surface area (Å²) in [6.45, 7) is 2.13. The Balaban J connectivity index is 2.75. The Hall–Kier alpha value is -0.910. The van der Waals surface area contributed by atoms with E-state index in [1.54, 1.807) is 38.3 Å². The summed E-state index contributed by atoms with van der Waals surface area (Å²) in [5.74, 6) is 0.121. The average molecular weight is 257 g/mol. The van der Waals surface area contributed by atoms with Crippen molar-refractivity contribution in [3.8, 4) is 0 Å². The van der Waals surface area contributed by atoms with Crippen LogP contribution in [-0.2, 0) is 21.0 Å². The van der Waals surface area contributed by atoms with Crippen molar-refractivity contribution in [2.45, 2.75) is 24.3 Å². The molecule has 0 radical (unpaired) electrons. The van der Waals surface area contributed by atoms with Gasteiger partial charge in [-0.25, -0.2) is 8.42 Å². The quantitative estimate of drug-likeness (QED) is 0.825. The first kappa shape index (κ1) is 14.2. The predicted molar refractivity (Wildman–Crippen MR) is 67.7 cm³/mol. The molecule has 1 unspecified atom stereocenters. The van der Waals surface area contributed by atoms with E-state index in [0.717, 1.165) is 5.56 Å². The molecule has 2 N–H and O–H groups in total. The van der Waals surface area contributed by atoms with E-state index < -0.39 is 9.84 Å². The lowest BCUT2D eigenvalue weighted by atomic mass is 10.1. The van der Waals surface area contributed by atoms with Crippen LogP contribution in [0.15, 0.2) is 29.2 Å². The maximum Gasteiger partial charge on any atom is 0.178 e. The van der Waals surface area contributed by atoms with E-state index in [1.807, 2.05) is 0 Å². The van der Waals surface area contributed by atoms with Gasteiger partial charge >= 0.3 is 0 Å². The molecule has 1 rings (SSSR count). The van der Waals surface area contributed by atoms with Crippen LogP contribution in [0.4, 0.5) is 0 Å². The van der Waals surface area contributed by atoms with Gasteiger partial charge in [-0.3, -0.25) is 0 Å². The summed E-state index contributed by atoms with van der Waals surface area (Å²) in [6, 6.07) is 6.81. The molecule has 17 heavy (non-hydrogen) atoms. The molecule has 0 aliphatic heterocycles. The topological polar surface area (TPSA) is 69.4 Å². The molecule has 0 bridgehead atoms. The second-order valence-electron chi connectivity index (χ2n) is 3.97. The fourth-order valence-corrected chi connectivity index (χ4v) is 2.46. The number of rotatable bonds is 6. The van der Waals surface area contributed by atoms with Gasteiger partial charge in [0.25, 0.3) is 0 Å². The van der Waals surface area contributed by atoms with Crippen LogP contribution in [-0.4, -0.2) is 33.9 Å². The molecule has 0 saturated carbocycles. The van der Waals surface area contributed by atoms with Crippen LogP contribution in [0.2, 0.25) is 0 Å². The lowest BCUT2D eigenvalue weighted by Crippen LogP contribution is -2.27. The van der Waals surface area contributed by atoms with Crippen molar-refractivity contribution in [3.63, 3.8) is 0 Å². The predicted octanol–water partition coefficient (Wildman–Crippen LogP) is 0.996. The summed E-state index contributed by atoms with van der Waals surface area (Å²) in [7, 11) is -1.50. The molecule has 0 aromatic heterocycles. The molecular formula is C12H19NO3S. The minimum Gasteiger partial charge on any atom is -0.383 e. The molecule has 1 aromatic carbocycles. The second kappa shape index (κ2) is 6.14. The van der Waals surface area contributed by atoms with Gasteiger partial charge in [-0.15, -0.1) is 0 Å². The highest BCUT2D eigenvalue weighted by atomic mass is 32.2. The number of hydrogen-bond acceptors (Lipinski definition) is 4. The first-order valence-electron chi connectivity index (χ1n) is 5.55. The maximum atomic E-state index is 11.6. The van der Waals surface area contributed by atoms with E-state index in [-0.39, 0.29) is 11.8 Å². The van der Waals surface area contributed by atoms with Crippen molar-refractivity contribution in [1.82, 2.24) is 0 Å². The minimum atomic E-state index is -3.11. The maximum absolute atomic E-state index is 11.6. The van der Waals surface area contributed by atoms with Gasteiger partial charge in [0.15, 0.2) is 9.84 Å². The van der Waals surface area contributed by atoms with Crippen molar-refractivity contribution in [2.24, 2.45) is 5.73 Å². The van der Waals surface area contributed by atoms with Gasteiger partial charge < -0.3 is 10.5 Å². The molecular weight excluding hydrogens is 238 g/mol. The first-order valence-corrected chi connectivity index (χ1v) is 7.21. The Morgan fingerprint density at radius 2 is 1.88 bits per heavy atom. The van der Waals surface area contributed by atoms with E-state index >= 15 is 0 Å². The van der Waals surface area contributed by atoms with Gasteiger partial charge in [0.1, 0.15) is 0 Å². The second-order valence-corrected chi connectivity index (χ2v) is 6.25. The fourth-order valence-electron chi connectivity index (χ4n) is 1.58. The third kappa shape index (κ3) is 4.11. The fraction of sp³-hybridized carbons (Fsp3) is 0.500. The van der Waals surface area contributed by atoms with Crippen LogP contribution in [0.1, 0.15) is 12.5 Å². The summed E-state index contributed by atoms with van der Waals surface area (Å²) in [6.07, 6.45) is 0.681. The molecule has 0 aliphatic carbocycles. The largest absolute Gasteiger partial charge is 0.383 e. The lowest BCUT2D eigenvalue weighted by molar-refractivity contribution is 0.180. The van der Waals surface area contributed by atoms with Crippen molar-refractivity contribution in [2.75, 3.05) is 19.5 Å². The third-order valence-corrected chi connectivity index (χ3v) is 4.29. The van der Waals surface area contributed by atoms with E-state index in [9.17, 15) is 8.42 Å².